The van der Waals surface area contributed by atoms with E-state index >= 15 is 0 Å². The Kier molecular flexibility index (Phi) is 5.02. The van der Waals surface area contributed by atoms with E-state index < -0.39 is 12.2 Å². The number of nitrogens with zero attached hydrogens (tertiary/aromatic N) is 7. The molecule has 0 spiro atoms. The second-order valence-electron chi connectivity index (χ2n) is 7.83. The third-order valence-electron chi connectivity index (χ3n) is 5.81. The van der Waals surface area contributed by atoms with E-state index in [1.807, 2.05) is 0 Å². The molecule has 0 unspecified atom stereocenters. The summed E-state index contributed by atoms with van der Waals surface area (Å²) in [7, 11) is 0. The standard InChI is InChI=1S/C18H25ClN8O2/c19-14-17(27-9-11(28)12(29)10-27)22-15-13(21-14)16(25-5-1-2-6-25)24-18(23-15)26-7-3-20-4-8-26/h11-12,20,28-29H,1-10H2/t11-,12-/m0/s1. The van der Waals surface area contributed by atoms with Crippen molar-refractivity contribution in [2.45, 2.75) is 25.0 Å². The van der Waals surface area contributed by atoms with Gasteiger partial charge in [-0.25, -0.2) is 9.97 Å². The Morgan fingerprint density at radius 3 is 2.17 bits per heavy atom. The molecular weight excluding hydrogens is 396 g/mol. The first-order valence-corrected chi connectivity index (χ1v) is 10.5. The summed E-state index contributed by atoms with van der Waals surface area (Å²) >= 11 is 6.47. The Morgan fingerprint density at radius 2 is 1.48 bits per heavy atom. The molecule has 5 rings (SSSR count). The Morgan fingerprint density at radius 1 is 0.793 bits per heavy atom. The second kappa shape index (κ2) is 7.67. The second-order valence-corrected chi connectivity index (χ2v) is 8.19. The Balaban J connectivity index is 1.61. The normalized spacial score (nSPS) is 25.4. The van der Waals surface area contributed by atoms with Crippen molar-refractivity contribution in [1.82, 2.24) is 25.3 Å². The molecule has 3 saturated heterocycles. The summed E-state index contributed by atoms with van der Waals surface area (Å²) in [5, 5.41) is 23.4. The van der Waals surface area contributed by atoms with Gasteiger partial charge < -0.3 is 30.2 Å². The van der Waals surface area contributed by atoms with E-state index in [1.165, 1.54) is 0 Å². The van der Waals surface area contributed by atoms with Gasteiger partial charge in [0, 0.05) is 52.4 Å². The molecule has 0 amide bonds. The lowest BCUT2D eigenvalue weighted by Crippen LogP contribution is -2.44. The van der Waals surface area contributed by atoms with E-state index in [0.29, 0.717) is 22.9 Å². The molecule has 3 aliphatic rings. The third-order valence-corrected chi connectivity index (χ3v) is 6.06. The number of aromatic nitrogens is 4. The van der Waals surface area contributed by atoms with Gasteiger partial charge in [0.1, 0.15) is 0 Å². The van der Waals surface area contributed by atoms with Gasteiger partial charge >= 0.3 is 0 Å². The quantitative estimate of drug-likeness (QED) is 0.607. The highest BCUT2D eigenvalue weighted by Crippen LogP contribution is 2.32. The monoisotopic (exact) mass is 420 g/mol. The topological polar surface area (TPSA) is 114 Å². The molecular formula is C18H25ClN8O2. The van der Waals surface area contributed by atoms with Crippen molar-refractivity contribution in [2.24, 2.45) is 0 Å². The molecule has 3 aliphatic heterocycles. The first-order chi connectivity index (χ1) is 14.1. The number of rotatable bonds is 3. The summed E-state index contributed by atoms with van der Waals surface area (Å²) < 4.78 is 0. The predicted molar refractivity (Wildman–Crippen MR) is 111 cm³/mol. The van der Waals surface area contributed by atoms with E-state index in [4.69, 9.17) is 26.6 Å². The van der Waals surface area contributed by atoms with Crippen molar-refractivity contribution in [1.29, 1.82) is 0 Å². The predicted octanol–water partition coefficient (Wildman–Crippen LogP) is -0.375. The van der Waals surface area contributed by atoms with Crippen molar-refractivity contribution in [2.75, 3.05) is 67.1 Å². The minimum Gasteiger partial charge on any atom is -0.389 e. The summed E-state index contributed by atoms with van der Waals surface area (Å²) in [5.41, 5.74) is 1.09. The Hall–Kier alpha value is -2.01. The first kappa shape index (κ1) is 19.0. The van der Waals surface area contributed by atoms with Gasteiger partial charge in [-0.3, -0.25) is 0 Å². The Labute approximate surface area is 173 Å². The molecule has 29 heavy (non-hydrogen) atoms. The van der Waals surface area contributed by atoms with Gasteiger partial charge in [0.05, 0.1) is 12.2 Å². The van der Waals surface area contributed by atoms with Crippen LogP contribution in [0.5, 0.6) is 0 Å². The minimum absolute atomic E-state index is 0.234. The number of anilines is 3. The molecule has 0 bridgehead atoms. The van der Waals surface area contributed by atoms with E-state index in [2.05, 4.69) is 20.1 Å². The molecule has 2 aromatic rings. The maximum absolute atomic E-state index is 9.91. The molecule has 0 saturated carbocycles. The number of hydrogen-bond donors (Lipinski definition) is 3. The van der Waals surface area contributed by atoms with Gasteiger partial charge in [0.25, 0.3) is 0 Å². The van der Waals surface area contributed by atoms with Crippen molar-refractivity contribution in [3.63, 3.8) is 0 Å². The molecule has 0 aromatic carbocycles. The molecule has 2 aromatic heterocycles. The average Bonchev–Trinajstić information content (AvgIpc) is 3.38. The lowest BCUT2D eigenvalue weighted by atomic mass is 10.3. The van der Waals surface area contributed by atoms with Gasteiger partial charge in [-0.15, -0.1) is 0 Å². The highest BCUT2D eigenvalue weighted by atomic mass is 35.5. The number of nitrogens with one attached hydrogen (secondary N) is 1. The fourth-order valence-electron chi connectivity index (χ4n) is 4.19. The number of aliphatic hydroxyl groups is 2. The van der Waals surface area contributed by atoms with Gasteiger partial charge in [-0.05, 0) is 12.8 Å². The number of hydrogen-bond acceptors (Lipinski definition) is 10. The summed E-state index contributed by atoms with van der Waals surface area (Å²) in [4.78, 5) is 25.0. The van der Waals surface area contributed by atoms with E-state index in [0.717, 1.165) is 57.9 Å². The molecule has 3 fully saturated rings. The van der Waals surface area contributed by atoms with E-state index in [-0.39, 0.29) is 18.2 Å². The van der Waals surface area contributed by atoms with Crippen molar-refractivity contribution >= 4 is 40.3 Å². The van der Waals surface area contributed by atoms with Crippen LogP contribution in [0.3, 0.4) is 0 Å². The number of β-amino-alcohol motifs (C(OH)–C–C–N with tert-alkyl or cyclic N) is 2. The lowest BCUT2D eigenvalue weighted by molar-refractivity contribution is 0.0572. The minimum atomic E-state index is -0.828. The SMILES string of the molecule is O[C@H]1CN(c2nc3nc(N4CCNCC4)nc(N4CCCC4)c3nc2Cl)C[C@@H]1O. The average molecular weight is 421 g/mol. The molecule has 3 N–H and O–H groups in total. The van der Waals surface area contributed by atoms with Crippen LogP contribution in [0.1, 0.15) is 12.8 Å². The van der Waals surface area contributed by atoms with Crippen LogP contribution in [-0.4, -0.2) is 94.7 Å². The van der Waals surface area contributed by atoms with Crippen LogP contribution in [0.2, 0.25) is 5.15 Å². The smallest absolute Gasteiger partial charge is 0.229 e. The van der Waals surface area contributed by atoms with Crippen LogP contribution in [-0.2, 0) is 0 Å². The van der Waals surface area contributed by atoms with Crippen LogP contribution in [0.25, 0.3) is 11.2 Å². The maximum Gasteiger partial charge on any atom is 0.229 e. The first-order valence-electron chi connectivity index (χ1n) is 10.2. The number of fused-ring (bicyclic) bond motifs is 1. The maximum atomic E-state index is 9.91. The van der Waals surface area contributed by atoms with Gasteiger partial charge in [0.2, 0.25) is 5.95 Å². The lowest BCUT2D eigenvalue weighted by Gasteiger charge is -2.29. The highest BCUT2D eigenvalue weighted by Gasteiger charge is 2.33. The molecule has 156 valence electrons. The molecule has 0 radical (unpaired) electrons. The van der Waals surface area contributed by atoms with Crippen LogP contribution in [0.4, 0.5) is 17.6 Å². The fourth-order valence-corrected chi connectivity index (χ4v) is 4.44. The van der Waals surface area contributed by atoms with Gasteiger partial charge in [-0.1, -0.05) is 11.6 Å². The van der Waals surface area contributed by atoms with Crippen LogP contribution in [0, 0.1) is 0 Å². The van der Waals surface area contributed by atoms with Gasteiger partial charge in [0.15, 0.2) is 28.0 Å². The molecule has 2 atom stereocenters. The van der Waals surface area contributed by atoms with Crippen LogP contribution < -0.4 is 20.0 Å². The zero-order valence-electron chi connectivity index (χ0n) is 16.1. The van der Waals surface area contributed by atoms with Crippen molar-refractivity contribution in [3.05, 3.63) is 5.15 Å². The summed E-state index contributed by atoms with van der Waals surface area (Å²) in [6, 6.07) is 0. The van der Waals surface area contributed by atoms with Gasteiger partial charge in [-0.2, -0.15) is 9.97 Å². The molecule has 5 heterocycles. The number of aliphatic hydroxyl groups excluding tert-OH is 2. The van der Waals surface area contributed by atoms with Crippen LogP contribution in [0.15, 0.2) is 0 Å². The largest absolute Gasteiger partial charge is 0.389 e. The summed E-state index contributed by atoms with van der Waals surface area (Å²) in [6.07, 6.45) is 0.588. The number of piperazine rings is 1. The van der Waals surface area contributed by atoms with Crippen molar-refractivity contribution in [3.8, 4) is 0 Å². The zero-order chi connectivity index (χ0) is 20.0. The molecule has 0 aliphatic carbocycles. The van der Waals surface area contributed by atoms with Crippen LogP contribution >= 0.6 is 11.6 Å². The molecule has 10 nitrogen and oxygen atoms in total. The van der Waals surface area contributed by atoms with Crippen molar-refractivity contribution < 1.29 is 10.2 Å². The third kappa shape index (κ3) is 3.54. The van der Waals surface area contributed by atoms with E-state index in [9.17, 15) is 10.2 Å². The Bertz CT molecular complexity index is 893. The molecule has 11 heteroatoms. The highest BCUT2D eigenvalue weighted by molar-refractivity contribution is 6.32. The van der Waals surface area contributed by atoms with E-state index in [1.54, 1.807) is 4.90 Å². The zero-order valence-corrected chi connectivity index (χ0v) is 16.9. The fraction of sp³-hybridized carbons (Fsp3) is 0.667. The number of halogens is 1. The summed E-state index contributed by atoms with van der Waals surface area (Å²) in [6.45, 7) is 5.83. The summed E-state index contributed by atoms with van der Waals surface area (Å²) in [5.74, 6) is 1.88.